The molecule has 2 N–H and O–H groups in total. The largest absolute Gasteiger partial charge is 0.353 e. The van der Waals surface area contributed by atoms with Gasteiger partial charge in [-0.05, 0) is 12.0 Å². The summed E-state index contributed by atoms with van der Waals surface area (Å²) in [7, 11) is 0. The van der Waals surface area contributed by atoms with E-state index in [0.717, 1.165) is 6.42 Å². The van der Waals surface area contributed by atoms with Gasteiger partial charge in [-0.15, -0.1) is 0 Å². The van der Waals surface area contributed by atoms with Crippen molar-refractivity contribution in [2.24, 2.45) is 0 Å². The van der Waals surface area contributed by atoms with Crippen LogP contribution in [-0.4, -0.2) is 56.5 Å². The first kappa shape index (κ1) is 21.3. The van der Waals surface area contributed by atoms with Crippen molar-refractivity contribution in [1.82, 2.24) is 30.2 Å². The Morgan fingerprint density at radius 3 is 2.88 bits per heavy atom. The van der Waals surface area contributed by atoms with Gasteiger partial charge in [-0.2, -0.15) is 4.98 Å². The first-order chi connectivity index (χ1) is 16.1. The van der Waals surface area contributed by atoms with Crippen molar-refractivity contribution < 1.29 is 9.59 Å². The van der Waals surface area contributed by atoms with Crippen LogP contribution in [0.5, 0.6) is 0 Å². The lowest BCUT2D eigenvalue weighted by Crippen LogP contribution is -2.51. The summed E-state index contributed by atoms with van der Waals surface area (Å²) >= 11 is 6.23. The van der Waals surface area contributed by atoms with E-state index >= 15 is 0 Å². The summed E-state index contributed by atoms with van der Waals surface area (Å²) in [6.45, 7) is 1.05. The molecule has 1 aliphatic carbocycles. The summed E-state index contributed by atoms with van der Waals surface area (Å²) in [5, 5.41) is 6.58. The third kappa shape index (κ3) is 4.66. The van der Waals surface area contributed by atoms with E-state index < -0.39 is 6.04 Å². The normalized spacial score (nSPS) is 22.0. The molecule has 0 bridgehead atoms. The van der Waals surface area contributed by atoms with Crippen LogP contribution in [0.15, 0.2) is 60.8 Å². The number of carbonyl (C=O) groups is 1. The molecule has 0 radical (unpaired) electrons. The third-order valence-corrected chi connectivity index (χ3v) is 6.08. The van der Waals surface area contributed by atoms with Gasteiger partial charge in [0.05, 0.1) is 6.04 Å². The maximum atomic E-state index is 12.7. The molecule has 1 amide bonds. The highest BCUT2D eigenvalue weighted by atomic mass is 35.5. The number of aromatic nitrogens is 4. The van der Waals surface area contributed by atoms with Crippen LogP contribution in [0.2, 0.25) is 5.15 Å². The molecule has 5 rings (SSSR count). The molecule has 9 nitrogen and oxygen atoms in total. The number of rotatable bonds is 6. The second-order valence-electron chi connectivity index (χ2n) is 8.10. The molecule has 168 valence electrons. The van der Waals surface area contributed by atoms with Crippen LogP contribution in [0.3, 0.4) is 0 Å². The van der Waals surface area contributed by atoms with E-state index in [-0.39, 0.29) is 23.5 Å². The Labute approximate surface area is 195 Å². The summed E-state index contributed by atoms with van der Waals surface area (Å²) in [5.41, 5.74) is 1.55. The third-order valence-electron chi connectivity index (χ3n) is 5.89. The quantitative estimate of drug-likeness (QED) is 0.424. The summed E-state index contributed by atoms with van der Waals surface area (Å²) in [5.74, 6) is 3.06. The molecule has 0 spiro atoms. The Bertz CT molecular complexity index is 1190. The molecule has 3 atom stereocenters. The van der Waals surface area contributed by atoms with Crippen molar-refractivity contribution in [2.75, 3.05) is 18.0 Å². The average Bonchev–Trinajstić information content (AvgIpc) is 3.36. The number of hydrogen-bond donors (Lipinski definition) is 2. The van der Waals surface area contributed by atoms with E-state index in [1.165, 1.54) is 5.56 Å². The minimum absolute atomic E-state index is 0.106. The van der Waals surface area contributed by atoms with E-state index in [9.17, 15) is 9.59 Å². The van der Waals surface area contributed by atoms with Crippen LogP contribution >= 0.6 is 11.6 Å². The fourth-order valence-corrected chi connectivity index (χ4v) is 4.36. The van der Waals surface area contributed by atoms with Gasteiger partial charge in [0.25, 0.3) is 0 Å². The van der Waals surface area contributed by atoms with Crippen molar-refractivity contribution in [3.63, 3.8) is 0 Å². The number of nitrogens with zero attached hydrogens (tertiary/aromatic N) is 5. The summed E-state index contributed by atoms with van der Waals surface area (Å²) in [4.78, 5) is 39.2. The van der Waals surface area contributed by atoms with E-state index in [1.54, 1.807) is 34.3 Å². The molecule has 3 aromatic rings. The van der Waals surface area contributed by atoms with Gasteiger partial charge in [0.1, 0.15) is 28.9 Å². The van der Waals surface area contributed by atoms with Crippen molar-refractivity contribution in [3.8, 4) is 5.95 Å². The van der Waals surface area contributed by atoms with Crippen molar-refractivity contribution in [2.45, 2.75) is 30.8 Å². The number of nitrogens with one attached hydrogen (secondary N) is 2. The molecule has 3 unspecified atom stereocenters. The molecule has 33 heavy (non-hydrogen) atoms. The standard InChI is InChI=1S/C23H22ClN7O2/c24-20-12-21(29-23(28-20)30-8-6-25-14-30)31-9-7-26-18(19(31)13-32)11-22(33)27-17-10-16(17)15-4-2-1-3-5-15/h1-6,8,12,14,16-18,26H,7,9-11H2,(H,27,33). The van der Waals surface area contributed by atoms with Gasteiger partial charge < -0.3 is 15.5 Å². The number of anilines is 1. The highest BCUT2D eigenvalue weighted by molar-refractivity contribution is 6.29. The molecule has 2 aliphatic rings. The zero-order valence-corrected chi connectivity index (χ0v) is 18.4. The Hall–Kier alpha value is -3.52. The number of amides is 1. The predicted molar refractivity (Wildman–Crippen MR) is 123 cm³/mol. The number of carbonyl (C=O) groups excluding carboxylic acids is 2. The van der Waals surface area contributed by atoms with Gasteiger partial charge >= 0.3 is 0 Å². The highest BCUT2D eigenvalue weighted by Gasteiger charge is 2.40. The Kier molecular flexibility index (Phi) is 5.92. The lowest BCUT2D eigenvalue weighted by atomic mass is 10.1. The number of benzene rings is 1. The molecule has 2 fully saturated rings. The van der Waals surface area contributed by atoms with Crippen LogP contribution in [0.4, 0.5) is 5.82 Å². The van der Waals surface area contributed by atoms with Crippen LogP contribution < -0.4 is 15.5 Å². The lowest BCUT2D eigenvalue weighted by Gasteiger charge is -2.34. The van der Waals surface area contributed by atoms with Crippen LogP contribution in [0.25, 0.3) is 5.95 Å². The Morgan fingerprint density at radius 1 is 1.27 bits per heavy atom. The fraction of sp³-hybridized carbons (Fsp3) is 0.304. The molecule has 1 saturated carbocycles. The van der Waals surface area contributed by atoms with E-state index in [4.69, 9.17) is 11.6 Å². The smallest absolute Gasteiger partial charge is 0.238 e. The SMILES string of the molecule is O=C=C1C(CC(=O)NC2CC2c2ccccc2)NCCN1c1cc(Cl)nc(-n2ccnc2)n1. The molecule has 1 saturated heterocycles. The highest BCUT2D eigenvalue weighted by Crippen LogP contribution is 2.40. The van der Waals surface area contributed by atoms with E-state index in [0.29, 0.717) is 36.5 Å². The zero-order chi connectivity index (χ0) is 22.8. The minimum atomic E-state index is -0.476. The minimum Gasteiger partial charge on any atom is -0.353 e. The molecule has 2 aromatic heterocycles. The molecule has 1 aromatic carbocycles. The Balaban J connectivity index is 1.28. The number of piperazine rings is 1. The predicted octanol–water partition coefficient (Wildman–Crippen LogP) is 1.87. The monoisotopic (exact) mass is 463 g/mol. The summed E-state index contributed by atoms with van der Waals surface area (Å²) < 4.78 is 1.63. The average molecular weight is 464 g/mol. The van der Waals surface area contributed by atoms with Gasteiger partial charge in [0, 0.05) is 49.9 Å². The first-order valence-corrected chi connectivity index (χ1v) is 11.1. The van der Waals surface area contributed by atoms with Gasteiger partial charge in [-0.3, -0.25) is 9.36 Å². The van der Waals surface area contributed by atoms with Crippen LogP contribution in [0, 0.1) is 0 Å². The number of hydrogen-bond acceptors (Lipinski definition) is 7. The topological polar surface area (TPSA) is 105 Å². The van der Waals surface area contributed by atoms with Crippen molar-refractivity contribution >= 4 is 29.3 Å². The van der Waals surface area contributed by atoms with E-state index in [1.807, 2.05) is 24.1 Å². The summed E-state index contributed by atoms with van der Waals surface area (Å²) in [6, 6.07) is 11.4. The van der Waals surface area contributed by atoms with Gasteiger partial charge in [-0.25, -0.2) is 14.8 Å². The number of imidazole rings is 1. The maximum Gasteiger partial charge on any atom is 0.238 e. The summed E-state index contributed by atoms with van der Waals surface area (Å²) in [6.07, 6.45) is 5.94. The Morgan fingerprint density at radius 2 is 2.12 bits per heavy atom. The van der Waals surface area contributed by atoms with Crippen molar-refractivity contribution in [1.29, 1.82) is 0 Å². The fourth-order valence-electron chi connectivity index (χ4n) is 4.19. The molecule has 3 heterocycles. The molecular weight excluding hydrogens is 442 g/mol. The van der Waals surface area contributed by atoms with E-state index in [2.05, 4.69) is 37.7 Å². The van der Waals surface area contributed by atoms with Gasteiger partial charge in [0.2, 0.25) is 11.9 Å². The second-order valence-corrected chi connectivity index (χ2v) is 8.48. The van der Waals surface area contributed by atoms with Crippen LogP contribution in [-0.2, 0) is 9.59 Å². The van der Waals surface area contributed by atoms with Crippen molar-refractivity contribution in [3.05, 3.63) is 71.5 Å². The molecule has 10 heteroatoms. The maximum absolute atomic E-state index is 12.7. The first-order valence-electron chi connectivity index (χ1n) is 10.8. The second kappa shape index (κ2) is 9.15. The molecular formula is C23H22ClN7O2. The van der Waals surface area contributed by atoms with Gasteiger partial charge in [-0.1, -0.05) is 41.9 Å². The lowest BCUT2D eigenvalue weighted by molar-refractivity contribution is -0.121. The zero-order valence-electron chi connectivity index (χ0n) is 17.7. The number of halogens is 1. The van der Waals surface area contributed by atoms with Crippen LogP contribution in [0.1, 0.15) is 24.3 Å². The molecule has 1 aliphatic heterocycles. The van der Waals surface area contributed by atoms with Gasteiger partial charge in [0.15, 0.2) is 0 Å².